The normalized spacial score (nSPS) is 41.6. The highest BCUT2D eigenvalue weighted by atomic mass is 19.3. The van der Waals surface area contributed by atoms with Crippen LogP contribution >= 0.6 is 0 Å². The number of hydrogen-bond acceptors (Lipinski definition) is 1. The zero-order valence-electron chi connectivity index (χ0n) is 9.39. The largest absolute Gasteiger partial charge is 0.314 e. The van der Waals surface area contributed by atoms with E-state index in [1.807, 2.05) is 0 Å². The van der Waals surface area contributed by atoms with Gasteiger partial charge in [-0.05, 0) is 50.5 Å². The zero-order chi connectivity index (χ0) is 10.8. The molecule has 1 saturated carbocycles. The van der Waals surface area contributed by atoms with Gasteiger partial charge in [-0.2, -0.15) is 0 Å². The molecule has 1 saturated heterocycles. The Morgan fingerprint density at radius 2 is 2.00 bits per heavy atom. The van der Waals surface area contributed by atoms with Crippen LogP contribution < -0.4 is 5.32 Å². The SMILES string of the molecule is CC1NCCC2C(CC(F)F)CCCC12. The van der Waals surface area contributed by atoms with Gasteiger partial charge in [-0.25, -0.2) is 8.78 Å². The molecule has 2 rings (SSSR count). The van der Waals surface area contributed by atoms with E-state index in [1.165, 1.54) is 6.42 Å². The number of hydrogen-bond donors (Lipinski definition) is 1. The Kier molecular flexibility index (Phi) is 3.60. The molecule has 1 aliphatic carbocycles. The molecule has 0 aromatic rings. The summed E-state index contributed by atoms with van der Waals surface area (Å²) in [5.74, 6) is 1.49. The lowest BCUT2D eigenvalue weighted by atomic mass is 9.65. The predicted molar refractivity (Wildman–Crippen MR) is 57.0 cm³/mol. The van der Waals surface area contributed by atoms with Gasteiger partial charge in [0.2, 0.25) is 6.43 Å². The summed E-state index contributed by atoms with van der Waals surface area (Å²) in [5.41, 5.74) is 0. The Morgan fingerprint density at radius 1 is 1.20 bits per heavy atom. The number of fused-ring (bicyclic) bond motifs is 1. The highest BCUT2D eigenvalue weighted by molar-refractivity contribution is 4.91. The van der Waals surface area contributed by atoms with Gasteiger partial charge in [-0.1, -0.05) is 6.42 Å². The van der Waals surface area contributed by atoms with Crippen LogP contribution in [0.25, 0.3) is 0 Å². The molecule has 2 fully saturated rings. The number of alkyl halides is 2. The predicted octanol–water partition coefficient (Wildman–Crippen LogP) is 3.06. The lowest BCUT2D eigenvalue weighted by molar-refractivity contribution is 0.0328. The maximum absolute atomic E-state index is 12.5. The van der Waals surface area contributed by atoms with Crippen LogP contribution in [0.5, 0.6) is 0 Å². The minimum absolute atomic E-state index is 0.133. The third kappa shape index (κ3) is 2.49. The van der Waals surface area contributed by atoms with E-state index in [0.717, 1.165) is 25.8 Å². The van der Waals surface area contributed by atoms with Crippen molar-refractivity contribution in [3.05, 3.63) is 0 Å². The Morgan fingerprint density at radius 3 is 2.73 bits per heavy atom. The first-order valence-corrected chi connectivity index (χ1v) is 6.20. The van der Waals surface area contributed by atoms with Gasteiger partial charge in [0.25, 0.3) is 0 Å². The monoisotopic (exact) mass is 217 g/mol. The molecule has 3 heteroatoms. The van der Waals surface area contributed by atoms with E-state index in [9.17, 15) is 8.78 Å². The molecule has 1 nitrogen and oxygen atoms in total. The van der Waals surface area contributed by atoms with Crippen molar-refractivity contribution in [3.63, 3.8) is 0 Å². The van der Waals surface area contributed by atoms with E-state index in [2.05, 4.69) is 12.2 Å². The van der Waals surface area contributed by atoms with E-state index >= 15 is 0 Å². The molecule has 0 radical (unpaired) electrons. The third-order valence-corrected chi connectivity index (χ3v) is 4.33. The zero-order valence-corrected chi connectivity index (χ0v) is 9.39. The molecular formula is C12H21F2N. The fourth-order valence-corrected chi connectivity index (χ4v) is 3.61. The van der Waals surface area contributed by atoms with Crippen LogP contribution in [-0.2, 0) is 0 Å². The summed E-state index contributed by atoms with van der Waals surface area (Å²) < 4.78 is 24.9. The van der Waals surface area contributed by atoms with Gasteiger partial charge in [0.15, 0.2) is 0 Å². The van der Waals surface area contributed by atoms with Crippen molar-refractivity contribution < 1.29 is 8.78 Å². The molecule has 4 atom stereocenters. The summed E-state index contributed by atoms with van der Waals surface area (Å²) in [6.07, 6.45) is 2.53. The fraction of sp³-hybridized carbons (Fsp3) is 1.00. The Labute approximate surface area is 90.6 Å². The summed E-state index contributed by atoms with van der Waals surface area (Å²) in [6.45, 7) is 3.23. The molecule has 0 spiro atoms. The van der Waals surface area contributed by atoms with E-state index in [0.29, 0.717) is 17.9 Å². The molecular weight excluding hydrogens is 196 g/mol. The van der Waals surface area contributed by atoms with Crippen LogP contribution in [0.2, 0.25) is 0 Å². The van der Waals surface area contributed by atoms with Gasteiger partial charge in [0.1, 0.15) is 0 Å². The van der Waals surface area contributed by atoms with Gasteiger partial charge >= 0.3 is 0 Å². The Hall–Kier alpha value is -0.180. The van der Waals surface area contributed by atoms with Gasteiger partial charge in [-0.15, -0.1) is 0 Å². The minimum Gasteiger partial charge on any atom is -0.314 e. The first-order chi connectivity index (χ1) is 7.18. The number of halogens is 2. The summed E-state index contributed by atoms with van der Waals surface area (Å²) >= 11 is 0. The van der Waals surface area contributed by atoms with Crippen molar-refractivity contribution in [1.82, 2.24) is 5.32 Å². The molecule has 2 aliphatic rings. The fourth-order valence-electron chi connectivity index (χ4n) is 3.61. The molecule has 15 heavy (non-hydrogen) atoms. The topological polar surface area (TPSA) is 12.0 Å². The number of nitrogens with one attached hydrogen (secondary N) is 1. The van der Waals surface area contributed by atoms with Gasteiger partial charge in [-0.3, -0.25) is 0 Å². The first kappa shape index (κ1) is 11.3. The summed E-state index contributed by atoms with van der Waals surface area (Å²) in [4.78, 5) is 0. The first-order valence-electron chi connectivity index (χ1n) is 6.20. The molecule has 4 unspecified atom stereocenters. The molecule has 0 amide bonds. The molecule has 1 aliphatic heterocycles. The van der Waals surface area contributed by atoms with E-state index in [1.54, 1.807) is 0 Å². The smallest absolute Gasteiger partial charge is 0.238 e. The van der Waals surface area contributed by atoms with Crippen molar-refractivity contribution in [3.8, 4) is 0 Å². The van der Waals surface area contributed by atoms with E-state index in [-0.39, 0.29) is 12.3 Å². The Bertz CT molecular complexity index is 208. The molecule has 0 bridgehead atoms. The van der Waals surface area contributed by atoms with Crippen molar-refractivity contribution >= 4 is 0 Å². The van der Waals surface area contributed by atoms with Crippen LogP contribution in [0.4, 0.5) is 8.78 Å². The van der Waals surface area contributed by atoms with Gasteiger partial charge in [0, 0.05) is 12.5 Å². The summed E-state index contributed by atoms with van der Waals surface area (Å²) in [5, 5.41) is 3.47. The molecule has 0 aromatic heterocycles. The molecule has 88 valence electrons. The average Bonchev–Trinajstić information content (AvgIpc) is 2.19. The van der Waals surface area contributed by atoms with E-state index < -0.39 is 6.43 Å². The summed E-state index contributed by atoms with van der Waals surface area (Å²) in [7, 11) is 0. The quantitative estimate of drug-likeness (QED) is 0.749. The van der Waals surface area contributed by atoms with Crippen LogP contribution in [-0.4, -0.2) is 19.0 Å². The molecule has 1 N–H and O–H groups in total. The lowest BCUT2D eigenvalue weighted by Gasteiger charge is -2.45. The molecule has 1 heterocycles. The minimum atomic E-state index is -2.11. The third-order valence-electron chi connectivity index (χ3n) is 4.33. The molecule has 0 aromatic carbocycles. The van der Waals surface area contributed by atoms with Crippen molar-refractivity contribution in [2.45, 2.75) is 51.5 Å². The van der Waals surface area contributed by atoms with Crippen molar-refractivity contribution in [1.29, 1.82) is 0 Å². The van der Waals surface area contributed by atoms with Crippen LogP contribution in [0.15, 0.2) is 0 Å². The van der Waals surface area contributed by atoms with Crippen molar-refractivity contribution in [2.24, 2.45) is 17.8 Å². The van der Waals surface area contributed by atoms with Crippen LogP contribution in [0.1, 0.15) is 39.0 Å². The average molecular weight is 217 g/mol. The summed E-state index contributed by atoms with van der Waals surface area (Å²) in [6, 6.07) is 0.532. The van der Waals surface area contributed by atoms with Crippen molar-refractivity contribution in [2.75, 3.05) is 6.54 Å². The highest BCUT2D eigenvalue weighted by Crippen LogP contribution is 2.42. The lowest BCUT2D eigenvalue weighted by Crippen LogP contribution is -2.48. The van der Waals surface area contributed by atoms with Crippen LogP contribution in [0, 0.1) is 17.8 Å². The second kappa shape index (κ2) is 4.77. The van der Waals surface area contributed by atoms with Gasteiger partial charge in [0.05, 0.1) is 0 Å². The number of rotatable bonds is 2. The highest BCUT2D eigenvalue weighted by Gasteiger charge is 2.38. The maximum atomic E-state index is 12.5. The van der Waals surface area contributed by atoms with Crippen LogP contribution in [0.3, 0.4) is 0 Å². The standard InChI is InChI=1S/C12H21F2N/c1-8-10-4-2-3-9(7-12(13)14)11(10)5-6-15-8/h8-12,15H,2-7H2,1H3. The van der Waals surface area contributed by atoms with E-state index in [4.69, 9.17) is 0 Å². The maximum Gasteiger partial charge on any atom is 0.238 e. The number of piperidine rings is 1. The second-order valence-electron chi connectivity index (χ2n) is 5.18. The second-order valence-corrected chi connectivity index (χ2v) is 5.18. The Balaban J connectivity index is 2.00. The van der Waals surface area contributed by atoms with Gasteiger partial charge < -0.3 is 5.32 Å².